The van der Waals surface area contributed by atoms with Gasteiger partial charge < -0.3 is 5.11 Å². The van der Waals surface area contributed by atoms with Crippen LogP contribution < -0.4 is 0 Å². The molecule has 1 N–H and O–H groups in total. The average molecular weight is 244 g/mol. The van der Waals surface area contributed by atoms with E-state index in [1.165, 1.54) is 25.7 Å². The van der Waals surface area contributed by atoms with Crippen molar-refractivity contribution in [2.24, 2.45) is 5.92 Å². The van der Waals surface area contributed by atoms with Gasteiger partial charge in [-0.2, -0.15) is 0 Å². The average Bonchev–Trinajstić information content (AvgIpc) is 2.17. The number of aliphatic carboxylic acids is 1. The van der Waals surface area contributed by atoms with Crippen LogP contribution in [0.5, 0.6) is 0 Å². The van der Waals surface area contributed by atoms with E-state index in [0.717, 1.165) is 18.8 Å². The van der Waals surface area contributed by atoms with Crippen molar-refractivity contribution in [3.63, 3.8) is 0 Å². The number of rotatable bonds is 5. The van der Waals surface area contributed by atoms with Crippen LogP contribution in [0.2, 0.25) is 0 Å². The highest BCUT2D eigenvalue weighted by Crippen LogP contribution is 2.41. The first-order valence-corrected chi connectivity index (χ1v) is 7.27. The molecule has 1 rings (SSSR count). The first-order valence-electron chi connectivity index (χ1n) is 6.39. The molecule has 3 unspecified atom stereocenters. The standard InChI is InChI=1S/C13H24O2S/c1-4-8-13(3,12(14)15)16-11-7-5-6-10(2)9-11/h10-11H,4-9H2,1-3H3,(H,14,15). The van der Waals surface area contributed by atoms with Crippen molar-refractivity contribution >= 4 is 17.7 Å². The van der Waals surface area contributed by atoms with Crippen molar-refractivity contribution in [1.82, 2.24) is 0 Å². The zero-order valence-electron chi connectivity index (χ0n) is 10.7. The van der Waals surface area contributed by atoms with Gasteiger partial charge in [0, 0.05) is 5.25 Å². The minimum Gasteiger partial charge on any atom is -0.480 e. The number of carboxylic acids is 1. The third-order valence-corrected chi connectivity index (χ3v) is 5.15. The summed E-state index contributed by atoms with van der Waals surface area (Å²) >= 11 is 1.70. The summed E-state index contributed by atoms with van der Waals surface area (Å²) < 4.78 is -0.573. The van der Waals surface area contributed by atoms with Crippen LogP contribution in [0.15, 0.2) is 0 Å². The van der Waals surface area contributed by atoms with E-state index in [1.54, 1.807) is 11.8 Å². The Kier molecular flexibility index (Phi) is 5.16. The lowest BCUT2D eigenvalue weighted by Crippen LogP contribution is -2.34. The van der Waals surface area contributed by atoms with Crippen molar-refractivity contribution < 1.29 is 9.90 Å². The van der Waals surface area contributed by atoms with Crippen molar-refractivity contribution in [3.8, 4) is 0 Å². The third-order valence-electron chi connectivity index (χ3n) is 3.49. The fourth-order valence-corrected chi connectivity index (χ4v) is 4.41. The van der Waals surface area contributed by atoms with E-state index < -0.39 is 10.7 Å². The Hall–Kier alpha value is -0.180. The summed E-state index contributed by atoms with van der Waals surface area (Å²) in [7, 11) is 0. The molecule has 0 aromatic carbocycles. The maximum absolute atomic E-state index is 11.3. The highest BCUT2D eigenvalue weighted by atomic mass is 32.2. The Morgan fingerprint density at radius 3 is 2.69 bits per heavy atom. The normalized spacial score (nSPS) is 29.7. The van der Waals surface area contributed by atoms with Crippen LogP contribution in [0, 0.1) is 5.92 Å². The van der Waals surface area contributed by atoms with Gasteiger partial charge in [0.1, 0.15) is 4.75 Å². The van der Waals surface area contributed by atoms with E-state index in [-0.39, 0.29) is 0 Å². The largest absolute Gasteiger partial charge is 0.480 e. The summed E-state index contributed by atoms with van der Waals surface area (Å²) in [5.74, 6) is 0.128. The molecule has 3 heteroatoms. The van der Waals surface area contributed by atoms with Crippen LogP contribution in [0.1, 0.15) is 59.3 Å². The fraction of sp³-hybridized carbons (Fsp3) is 0.923. The van der Waals surface area contributed by atoms with Gasteiger partial charge >= 0.3 is 5.97 Å². The number of hydrogen-bond acceptors (Lipinski definition) is 2. The van der Waals surface area contributed by atoms with E-state index in [1.807, 2.05) is 6.92 Å². The fourth-order valence-electron chi connectivity index (χ4n) is 2.55. The highest BCUT2D eigenvalue weighted by molar-refractivity contribution is 8.01. The number of hydrogen-bond donors (Lipinski definition) is 1. The molecule has 1 saturated carbocycles. The molecule has 3 atom stereocenters. The summed E-state index contributed by atoms with van der Waals surface area (Å²) in [6, 6.07) is 0. The molecule has 0 amide bonds. The van der Waals surface area contributed by atoms with E-state index in [0.29, 0.717) is 5.25 Å². The molecule has 0 aliphatic heterocycles. The number of carboxylic acid groups (broad SMARTS) is 1. The molecule has 0 saturated heterocycles. The second-order valence-electron chi connectivity index (χ2n) is 5.30. The minimum atomic E-state index is -0.641. The molecule has 0 aromatic heterocycles. The van der Waals surface area contributed by atoms with Gasteiger partial charge in [-0.1, -0.05) is 33.1 Å². The third kappa shape index (κ3) is 3.69. The number of carbonyl (C=O) groups is 1. The predicted molar refractivity (Wildman–Crippen MR) is 70.0 cm³/mol. The Morgan fingerprint density at radius 2 is 2.19 bits per heavy atom. The Bertz CT molecular complexity index is 242. The second kappa shape index (κ2) is 5.95. The molecule has 0 bridgehead atoms. The molecule has 0 radical (unpaired) electrons. The highest BCUT2D eigenvalue weighted by Gasteiger charge is 2.36. The van der Waals surface area contributed by atoms with Gasteiger partial charge in [-0.05, 0) is 32.1 Å². The number of thioether (sulfide) groups is 1. The van der Waals surface area contributed by atoms with Gasteiger partial charge in [-0.25, -0.2) is 0 Å². The summed E-state index contributed by atoms with van der Waals surface area (Å²) in [6.07, 6.45) is 6.68. The van der Waals surface area contributed by atoms with Crippen molar-refractivity contribution in [2.75, 3.05) is 0 Å². The van der Waals surface area contributed by atoms with Crippen molar-refractivity contribution in [2.45, 2.75) is 69.3 Å². The Balaban J connectivity index is 2.57. The Labute approximate surface area is 103 Å². The lowest BCUT2D eigenvalue weighted by Gasteiger charge is -2.33. The van der Waals surface area contributed by atoms with E-state index in [4.69, 9.17) is 0 Å². The topological polar surface area (TPSA) is 37.3 Å². The van der Waals surface area contributed by atoms with Gasteiger partial charge in [0.2, 0.25) is 0 Å². The Morgan fingerprint density at radius 1 is 1.50 bits per heavy atom. The molecule has 1 aliphatic carbocycles. The maximum atomic E-state index is 11.3. The SMILES string of the molecule is CCCC(C)(SC1CCCC(C)C1)C(=O)O. The van der Waals surface area contributed by atoms with Crippen LogP contribution in [-0.4, -0.2) is 21.1 Å². The van der Waals surface area contributed by atoms with Crippen molar-refractivity contribution in [3.05, 3.63) is 0 Å². The minimum absolute atomic E-state index is 0.552. The van der Waals surface area contributed by atoms with E-state index in [2.05, 4.69) is 13.8 Å². The molecule has 1 fully saturated rings. The van der Waals surface area contributed by atoms with Crippen LogP contribution >= 0.6 is 11.8 Å². The van der Waals surface area contributed by atoms with Gasteiger partial charge in [0.15, 0.2) is 0 Å². The molecule has 1 aliphatic rings. The van der Waals surface area contributed by atoms with Crippen LogP contribution in [-0.2, 0) is 4.79 Å². The molecular weight excluding hydrogens is 220 g/mol. The molecule has 0 spiro atoms. The lowest BCUT2D eigenvalue weighted by molar-refractivity contribution is -0.139. The molecular formula is C13H24O2S. The molecule has 94 valence electrons. The second-order valence-corrected chi connectivity index (χ2v) is 7.10. The first kappa shape index (κ1) is 13.9. The molecule has 0 aromatic rings. The molecule has 16 heavy (non-hydrogen) atoms. The molecule has 2 nitrogen and oxygen atoms in total. The monoisotopic (exact) mass is 244 g/mol. The van der Waals surface area contributed by atoms with E-state index in [9.17, 15) is 9.90 Å². The first-order chi connectivity index (χ1) is 7.48. The van der Waals surface area contributed by atoms with Crippen molar-refractivity contribution in [1.29, 1.82) is 0 Å². The van der Waals surface area contributed by atoms with Gasteiger partial charge in [0.05, 0.1) is 0 Å². The van der Waals surface area contributed by atoms with Gasteiger partial charge in [-0.15, -0.1) is 11.8 Å². The zero-order chi connectivity index (χ0) is 12.2. The van der Waals surface area contributed by atoms with Crippen LogP contribution in [0.25, 0.3) is 0 Å². The summed E-state index contributed by atoms with van der Waals surface area (Å²) in [6.45, 7) is 6.23. The quantitative estimate of drug-likeness (QED) is 0.796. The lowest BCUT2D eigenvalue weighted by atomic mass is 9.90. The van der Waals surface area contributed by atoms with Gasteiger partial charge in [0.25, 0.3) is 0 Å². The summed E-state index contributed by atoms with van der Waals surface area (Å²) in [4.78, 5) is 11.3. The smallest absolute Gasteiger partial charge is 0.319 e. The molecule has 0 heterocycles. The van der Waals surface area contributed by atoms with Gasteiger partial charge in [-0.3, -0.25) is 4.79 Å². The van der Waals surface area contributed by atoms with Crippen LogP contribution in [0.4, 0.5) is 0 Å². The zero-order valence-corrected chi connectivity index (χ0v) is 11.5. The maximum Gasteiger partial charge on any atom is 0.319 e. The van der Waals surface area contributed by atoms with Crippen LogP contribution in [0.3, 0.4) is 0 Å². The summed E-state index contributed by atoms with van der Waals surface area (Å²) in [5, 5.41) is 9.89. The van der Waals surface area contributed by atoms with E-state index >= 15 is 0 Å². The summed E-state index contributed by atoms with van der Waals surface area (Å²) in [5.41, 5.74) is 0. The predicted octanol–water partition coefficient (Wildman–Crippen LogP) is 3.94.